The quantitative estimate of drug-likeness (QED) is 0.0937. The van der Waals surface area contributed by atoms with E-state index in [9.17, 15) is 56.8 Å². The Morgan fingerprint density at radius 2 is 1.07 bits per heavy atom. The third-order valence-electron chi connectivity index (χ3n) is 10.5. The number of carbonyl (C=O) groups excluding carboxylic acids is 1. The molecule has 0 aliphatic carbocycles. The third-order valence-corrected chi connectivity index (χ3v) is 11.9. The van der Waals surface area contributed by atoms with Gasteiger partial charge in [-0.2, -0.15) is 26.3 Å². The number of nitrogens with zero attached hydrogens (tertiary/aromatic N) is 2. The summed E-state index contributed by atoms with van der Waals surface area (Å²) in [7, 11) is -6.43. The molecule has 2 saturated heterocycles. The lowest BCUT2D eigenvalue weighted by Crippen LogP contribution is -2.48. The number of alkyl carbamates (subject to hydrolysis) is 1. The summed E-state index contributed by atoms with van der Waals surface area (Å²) >= 11 is 0. The molecule has 2 heterocycles. The lowest BCUT2D eigenvalue weighted by atomic mass is 9.98. The number of nitrogens with two attached hydrogens (primary N) is 1. The maximum atomic E-state index is 14.3. The molecular formula is C44H70F8N6O10S2. The Hall–Kier alpha value is -4.21. The van der Waals surface area contributed by atoms with Crippen molar-refractivity contribution in [2.24, 2.45) is 5.73 Å². The Morgan fingerprint density at radius 1 is 0.714 bits per heavy atom. The van der Waals surface area contributed by atoms with E-state index in [4.69, 9.17) is 30.3 Å². The number of ether oxygens (including phenoxy) is 1. The minimum Gasteiger partial charge on any atom is -0.475 e. The van der Waals surface area contributed by atoms with Gasteiger partial charge in [0.2, 0.25) is 20.0 Å². The number of carbonyl (C=O) groups is 3. The lowest BCUT2D eigenvalue weighted by molar-refractivity contribution is -0.193. The second-order valence-electron chi connectivity index (χ2n) is 17.8. The number of carboxylic acid groups (broad SMARTS) is 2. The fourth-order valence-electron chi connectivity index (χ4n) is 7.56. The molecule has 0 spiro atoms. The first kappa shape index (κ1) is 65.8. The molecule has 2 aliphatic heterocycles. The van der Waals surface area contributed by atoms with Crippen LogP contribution in [0.4, 0.5) is 39.9 Å². The summed E-state index contributed by atoms with van der Waals surface area (Å²) in [4.78, 5) is 34.8. The molecule has 0 radical (unpaired) electrons. The number of nitrogens with one attached hydrogen (secondary N) is 3. The minimum atomic E-state index is -5.08. The highest BCUT2D eigenvalue weighted by molar-refractivity contribution is 7.89. The Kier molecular flexibility index (Phi) is 27.6. The van der Waals surface area contributed by atoms with Gasteiger partial charge in [-0.3, -0.25) is 9.80 Å². The molecular weight excluding hydrogens is 989 g/mol. The highest BCUT2D eigenvalue weighted by Crippen LogP contribution is 2.25. The predicted molar refractivity (Wildman–Crippen MR) is 249 cm³/mol. The van der Waals surface area contributed by atoms with Gasteiger partial charge in [-0.1, -0.05) is 43.8 Å². The number of alkyl halides is 6. The SMILES string of the molecule is C.CC(C[C@@H](Cc1ccccc1F)NC(=O)OC(C)(C)C)N1CCC[C@H]1CNS(C)(=O)=O.CC(C[C@H](N)Cc1ccccc1F)N1CCC[C@H]1CNS(C)(=O)=O.O=C(O)C(F)(F)F.O=C(O)C(F)(F)F. The molecule has 7 N–H and O–H groups in total. The summed E-state index contributed by atoms with van der Waals surface area (Å²) in [5.41, 5.74) is 6.78. The van der Waals surface area contributed by atoms with E-state index < -0.39 is 56.0 Å². The normalized spacial score (nSPS) is 18.5. The zero-order valence-corrected chi connectivity index (χ0v) is 41.2. The van der Waals surface area contributed by atoms with E-state index in [0.717, 1.165) is 51.4 Å². The third kappa shape index (κ3) is 28.0. The van der Waals surface area contributed by atoms with Gasteiger partial charge in [-0.05, 0) is 122 Å². The van der Waals surface area contributed by atoms with E-state index >= 15 is 0 Å². The van der Waals surface area contributed by atoms with E-state index in [0.29, 0.717) is 43.5 Å². The zero-order valence-electron chi connectivity index (χ0n) is 39.5. The van der Waals surface area contributed by atoms with Crippen LogP contribution in [0.2, 0.25) is 0 Å². The van der Waals surface area contributed by atoms with E-state index in [-0.39, 0.29) is 55.3 Å². The smallest absolute Gasteiger partial charge is 0.475 e. The largest absolute Gasteiger partial charge is 0.490 e. The number of sulfonamides is 2. The van der Waals surface area contributed by atoms with Crippen LogP contribution in [-0.4, -0.2) is 148 Å². The van der Waals surface area contributed by atoms with Crippen molar-refractivity contribution in [1.82, 2.24) is 24.6 Å². The van der Waals surface area contributed by atoms with Crippen LogP contribution >= 0.6 is 0 Å². The molecule has 4 rings (SSSR count). The summed E-state index contributed by atoms with van der Waals surface area (Å²) < 4.78 is 148. The van der Waals surface area contributed by atoms with Crippen LogP contribution in [0.25, 0.3) is 0 Å². The molecule has 6 atom stereocenters. The average molecular weight is 1060 g/mol. The molecule has 2 aliphatic rings. The van der Waals surface area contributed by atoms with Crippen molar-refractivity contribution in [2.75, 3.05) is 38.7 Å². The lowest BCUT2D eigenvalue weighted by Gasteiger charge is -2.33. The number of carboxylic acids is 2. The summed E-state index contributed by atoms with van der Waals surface area (Å²) in [6, 6.07) is 13.4. The second kappa shape index (κ2) is 29.3. The van der Waals surface area contributed by atoms with Crippen molar-refractivity contribution in [3.05, 3.63) is 71.3 Å². The number of benzene rings is 2. The molecule has 2 aromatic rings. The Bertz CT molecular complexity index is 2130. The summed E-state index contributed by atoms with van der Waals surface area (Å²) in [6.07, 6.45) is -2.23. The minimum absolute atomic E-state index is 0. The average Bonchev–Trinajstić information content (AvgIpc) is 3.87. The molecule has 0 aromatic heterocycles. The number of hydrogen-bond donors (Lipinski definition) is 6. The highest BCUT2D eigenvalue weighted by Gasteiger charge is 2.39. The number of hydrogen-bond acceptors (Lipinski definition) is 11. The van der Waals surface area contributed by atoms with Gasteiger partial charge in [-0.25, -0.2) is 49.4 Å². The Labute approximate surface area is 406 Å². The van der Waals surface area contributed by atoms with Crippen molar-refractivity contribution in [3.63, 3.8) is 0 Å². The first-order valence-corrected chi connectivity index (χ1v) is 25.5. The van der Waals surface area contributed by atoms with Gasteiger partial charge < -0.3 is 26.0 Å². The second-order valence-corrected chi connectivity index (χ2v) is 21.4. The molecule has 2 unspecified atom stereocenters. The van der Waals surface area contributed by atoms with Crippen LogP contribution in [0.1, 0.15) is 91.7 Å². The summed E-state index contributed by atoms with van der Waals surface area (Å²) in [6.45, 7) is 12.2. The van der Waals surface area contributed by atoms with E-state index in [1.807, 2.05) is 6.07 Å². The maximum absolute atomic E-state index is 14.3. The molecule has 0 saturated carbocycles. The van der Waals surface area contributed by atoms with Gasteiger partial charge in [0, 0.05) is 49.3 Å². The molecule has 26 heteroatoms. The summed E-state index contributed by atoms with van der Waals surface area (Å²) in [5, 5.41) is 17.2. The number of halogens is 8. The maximum Gasteiger partial charge on any atom is 0.490 e. The fraction of sp³-hybridized carbons (Fsp3) is 0.659. The zero-order chi connectivity index (χ0) is 53.1. The molecule has 404 valence electrons. The molecule has 2 aromatic carbocycles. The van der Waals surface area contributed by atoms with Gasteiger partial charge in [0.1, 0.15) is 17.2 Å². The first-order valence-electron chi connectivity index (χ1n) is 21.7. The van der Waals surface area contributed by atoms with Gasteiger partial charge >= 0.3 is 30.4 Å². The Morgan fingerprint density at radius 3 is 1.41 bits per heavy atom. The van der Waals surface area contributed by atoms with Crippen LogP contribution in [0.3, 0.4) is 0 Å². The topological polar surface area (TPSA) is 238 Å². The molecule has 1 amide bonds. The molecule has 70 heavy (non-hydrogen) atoms. The number of likely N-dealkylation sites (tertiary alicyclic amines) is 2. The molecule has 2 fully saturated rings. The Balaban J connectivity index is 0.00000107. The molecule has 16 nitrogen and oxygen atoms in total. The predicted octanol–water partition coefficient (Wildman–Crippen LogP) is 6.44. The van der Waals surface area contributed by atoms with Gasteiger partial charge in [0.15, 0.2) is 0 Å². The first-order chi connectivity index (χ1) is 31.5. The van der Waals surface area contributed by atoms with Gasteiger partial charge in [0.05, 0.1) is 12.5 Å². The van der Waals surface area contributed by atoms with Crippen LogP contribution < -0.4 is 20.5 Å². The van der Waals surface area contributed by atoms with Crippen LogP contribution in [0.5, 0.6) is 0 Å². The fourth-order valence-corrected chi connectivity index (χ4v) is 8.55. The number of aliphatic carboxylic acids is 2. The van der Waals surface area contributed by atoms with E-state index in [1.165, 1.54) is 18.4 Å². The number of rotatable bonds is 17. The van der Waals surface area contributed by atoms with Crippen LogP contribution in [-0.2, 0) is 47.2 Å². The van der Waals surface area contributed by atoms with Crippen LogP contribution in [0, 0.1) is 11.6 Å². The summed E-state index contributed by atoms with van der Waals surface area (Å²) in [5.74, 6) is -6.03. The van der Waals surface area contributed by atoms with Crippen molar-refractivity contribution in [3.8, 4) is 0 Å². The van der Waals surface area contributed by atoms with Crippen molar-refractivity contribution < 1.29 is 81.3 Å². The highest BCUT2D eigenvalue weighted by atomic mass is 32.2. The monoisotopic (exact) mass is 1060 g/mol. The van der Waals surface area contributed by atoms with Gasteiger partial charge in [0.25, 0.3) is 0 Å². The van der Waals surface area contributed by atoms with Crippen molar-refractivity contribution in [1.29, 1.82) is 0 Å². The molecule has 0 bridgehead atoms. The van der Waals surface area contributed by atoms with Crippen molar-refractivity contribution >= 4 is 38.1 Å². The van der Waals surface area contributed by atoms with Crippen molar-refractivity contribution in [2.45, 2.75) is 148 Å². The van der Waals surface area contributed by atoms with E-state index in [1.54, 1.807) is 51.1 Å². The van der Waals surface area contributed by atoms with Crippen LogP contribution in [0.15, 0.2) is 48.5 Å². The number of amides is 1. The van der Waals surface area contributed by atoms with E-state index in [2.05, 4.69) is 38.4 Å². The standard InChI is InChI=1S/C22H36FN3O4S.C17H28FN3O2S.2C2HF3O2.CH4/c1-16(26-12-8-10-19(26)15-24-31(5,28)29)13-18(25-21(27)30-22(2,3)4)14-17-9-6-7-11-20(17)23;1-13(10-15(19)11-14-6-3-4-8-17(14)18)21-9-5-7-16(21)12-20-24(2,22)23;2*3-2(4,5)1(6)7;/h6-7,9,11,16,18-19,24H,8,10,12-15H2,1-5H3,(H,25,27);3-4,6,8,13,15-16,20H,5,7,9-12,19H2,1-2H3;2*(H,6,7);1H4/t16?,18-,19-;13?,15-,16-;;;/m00.../s1. The van der Waals surface area contributed by atoms with Gasteiger partial charge in [-0.15, -0.1) is 0 Å².